The standard InChI is InChI=1S/C17H25N3O3/c1-16(2,17(22)6-9-23-10-7-17)11-19-15(21)13-5-8-18-14(20-13)12-3-4-12/h5,8,12,22H,3-4,6-7,9-11H2,1-2H3,(H,19,21). The first kappa shape index (κ1) is 16.3. The van der Waals surface area contributed by atoms with Gasteiger partial charge < -0.3 is 15.2 Å². The maximum atomic E-state index is 12.4. The molecule has 1 saturated heterocycles. The number of nitrogens with zero attached hydrogens (tertiary/aromatic N) is 2. The van der Waals surface area contributed by atoms with Crippen molar-refractivity contribution in [3.63, 3.8) is 0 Å². The van der Waals surface area contributed by atoms with E-state index in [1.807, 2.05) is 13.8 Å². The number of ether oxygens (including phenoxy) is 1. The molecule has 0 unspecified atom stereocenters. The van der Waals surface area contributed by atoms with Gasteiger partial charge in [0.05, 0.1) is 5.60 Å². The van der Waals surface area contributed by atoms with Crippen molar-refractivity contribution < 1.29 is 14.6 Å². The molecule has 0 spiro atoms. The maximum absolute atomic E-state index is 12.4. The van der Waals surface area contributed by atoms with E-state index in [9.17, 15) is 9.90 Å². The minimum Gasteiger partial charge on any atom is -0.389 e. The predicted octanol–water partition coefficient (Wildman–Crippen LogP) is 1.65. The minimum atomic E-state index is -0.816. The Kier molecular flexibility index (Phi) is 4.38. The topological polar surface area (TPSA) is 84.3 Å². The Labute approximate surface area is 136 Å². The third kappa shape index (κ3) is 3.53. The molecule has 23 heavy (non-hydrogen) atoms. The molecule has 1 aliphatic heterocycles. The molecule has 1 aromatic rings. The lowest BCUT2D eigenvalue weighted by molar-refractivity contribution is -0.130. The number of aromatic nitrogens is 2. The lowest BCUT2D eigenvalue weighted by Gasteiger charge is -2.45. The Morgan fingerprint density at radius 2 is 2.13 bits per heavy atom. The van der Waals surface area contributed by atoms with Crippen molar-refractivity contribution in [3.8, 4) is 0 Å². The summed E-state index contributed by atoms with van der Waals surface area (Å²) in [5.74, 6) is 0.972. The maximum Gasteiger partial charge on any atom is 0.270 e. The monoisotopic (exact) mass is 319 g/mol. The number of hydrogen-bond donors (Lipinski definition) is 2. The van der Waals surface area contributed by atoms with Crippen LogP contribution in [0.5, 0.6) is 0 Å². The average molecular weight is 319 g/mol. The van der Waals surface area contributed by atoms with E-state index < -0.39 is 11.0 Å². The Hall–Kier alpha value is -1.53. The third-order valence-corrected chi connectivity index (χ3v) is 5.12. The fourth-order valence-corrected chi connectivity index (χ4v) is 2.98. The highest BCUT2D eigenvalue weighted by molar-refractivity contribution is 5.92. The Morgan fingerprint density at radius 3 is 2.78 bits per heavy atom. The van der Waals surface area contributed by atoms with Gasteiger partial charge in [-0.25, -0.2) is 9.97 Å². The molecule has 1 saturated carbocycles. The predicted molar refractivity (Wildman–Crippen MR) is 85.1 cm³/mol. The van der Waals surface area contributed by atoms with Gasteiger partial charge in [-0.15, -0.1) is 0 Å². The molecule has 2 heterocycles. The summed E-state index contributed by atoms with van der Waals surface area (Å²) in [6.07, 6.45) is 5.04. The molecule has 2 N–H and O–H groups in total. The summed E-state index contributed by atoms with van der Waals surface area (Å²) >= 11 is 0. The van der Waals surface area contributed by atoms with Crippen molar-refractivity contribution in [1.82, 2.24) is 15.3 Å². The molecule has 0 atom stereocenters. The lowest BCUT2D eigenvalue weighted by Crippen LogP contribution is -2.53. The summed E-state index contributed by atoms with van der Waals surface area (Å²) in [4.78, 5) is 21.0. The van der Waals surface area contributed by atoms with Crippen molar-refractivity contribution in [1.29, 1.82) is 0 Å². The van der Waals surface area contributed by atoms with Crippen LogP contribution in [0, 0.1) is 5.41 Å². The molecule has 6 nitrogen and oxygen atoms in total. The minimum absolute atomic E-state index is 0.210. The molecule has 2 fully saturated rings. The van der Waals surface area contributed by atoms with E-state index in [1.54, 1.807) is 12.3 Å². The Bertz CT molecular complexity index is 578. The van der Waals surface area contributed by atoms with Crippen molar-refractivity contribution in [2.75, 3.05) is 19.8 Å². The summed E-state index contributed by atoms with van der Waals surface area (Å²) in [5.41, 5.74) is -0.848. The van der Waals surface area contributed by atoms with Crippen LogP contribution < -0.4 is 5.32 Å². The molecule has 0 radical (unpaired) electrons. The van der Waals surface area contributed by atoms with Crippen LogP contribution in [-0.2, 0) is 4.74 Å². The van der Waals surface area contributed by atoms with Crippen LogP contribution in [0.2, 0.25) is 0 Å². The second-order valence-corrected chi connectivity index (χ2v) is 7.28. The first-order valence-corrected chi connectivity index (χ1v) is 8.33. The number of nitrogens with one attached hydrogen (secondary N) is 1. The number of hydrogen-bond acceptors (Lipinski definition) is 5. The van der Waals surface area contributed by atoms with Crippen LogP contribution in [0.4, 0.5) is 0 Å². The molecule has 1 aliphatic carbocycles. The van der Waals surface area contributed by atoms with Crippen molar-refractivity contribution in [2.24, 2.45) is 5.41 Å². The highest BCUT2D eigenvalue weighted by Crippen LogP contribution is 2.39. The highest BCUT2D eigenvalue weighted by Gasteiger charge is 2.44. The van der Waals surface area contributed by atoms with E-state index in [2.05, 4.69) is 15.3 Å². The third-order valence-electron chi connectivity index (χ3n) is 5.12. The molecular weight excluding hydrogens is 294 g/mol. The van der Waals surface area contributed by atoms with E-state index in [1.165, 1.54) is 0 Å². The van der Waals surface area contributed by atoms with Crippen LogP contribution >= 0.6 is 0 Å². The molecule has 126 valence electrons. The smallest absolute Gasteiger partial charge is 0.270 e. The zero-order valence-electron chi connectivity index (χ0n) is 13.8. The van der Waals surface area contributed by atoms with Gasteiger partial charge in [0.2, 0.25) is 0 Å². The summed E-state index contributed by atoms with van der Waals surface area (Å²) in [7, 11) is 0. The van der Waals surface area contributed by atoms with Crippen LogP contribution in [0.15, 0.2) is 12.3 Å². The Balaban J connectivity index is 1.62. The van der Waals surface area contributed by atoms with Crippen LogP contribution in [0.25, 0.3) is 0 Å². The normalized spacial score (nSPS) is 21.0. The molecule has 3 rings (SSSR count). The van der Waals surface area contributed by atoms with E-state index in [0.29, 0.717) is 44.2 Å². The molecule has 6 heteroatoms. The van der Waals surface area contributed by atoms with Gasteiger partial charge in [0.1, 0.15) is 11.5 Å². The second kappa shape index (κ2) is 6.17. The van der Waals surface area contributed by atoms with Gasteiger partial charge in [-0.2, -0.15) is 0 Å². The fourth-order valence-electron chi connectivity index (χ4n) is 2.98. The number of rotatable bonds is 5. The average Bonchev–Trinajstić information content (AvgIpc) is 3.38. The highest BCUT2D eigenvalue weighted by atomic mass is 16.5. The zero-order valence-corrected chi connectivity index (χ0v) is 13.8. The summed E-state index contributed by atoms with van der Waals surface area (Å²) in [6.45, 7) is 5.47. The van der Waals surface area contributed by atoms with Gasteiger partial charge in [0.25, 0.3) is 5.91 Å². The van der Waals surface area contributed by atoms with E-state index in [4.69, 9.17) is 4.74 Å². The number of carbonyl (C=O) groups is 1. The number of carbonyl (C=O) groups excluding carboxylic acids is 1. The zero-order chi connectivity index (χ0) is 16.5. The SMILES string of the molecule is CC(C)(CNC(=O)c1ccnc(C2CC2)n1)C1(O)CCOCC1. The molecular formula is C17H25N3O3. The molecule has 1 aromatic heterocycles. The summed E-state index contributed by atoms with van der Waals surface area (Å²) in [5, 5.41) is 13.8. The van der Waals surface area contributed by atoms with Gasteiger partial charge in [-0.3, -0.25) is 4.79 Å². The van der Waals surface area contributed by atoms with Gasteiger partial charge >= 0.3 is 0 Å². The molecule has 1 amide bonds. The van der Waals surface area contributed by atoms with Gasteiger partial charge in [-0.1, -0.05) is 13.8 Å². The second-order valence-electron chi connectivity index (χ2n) is 7.28. The van der Waals surface area contributed by atoms with Crippen molar-refractivity contribution in [3.05, 3.63) is 23.8 Å². The van der Waals surface area contributed by atoms with Crippen LogP contribution in [0.1, 0.15) is 61.8 Å². The Morgan fingerprint density at radius 1 is 1.43 bits per heavy atom. The summed E-state index contributed by atoms with van der Waals surface area (Å²) in [6, 6.07) is 1.64. The van der Waals surface area contributed by atoms with Crippen LogP contribution in [0.3, 0.4) is 0 Å². The first-order valence-electron chi connectivity index (χ1n) is 8.33. The van der Waals surface area contributed by atoms with E-state index in [-0.39, 0.29) is 5.91 Å². The van der Waals surface area contributed by atoms with Crippen molar-refractivity contribution >= 4 is 5.91 Å². The molecule has 0 bridgehead atoms. The number of aliphatic hydroxyl groups is 1. The van der Waals surface area contributed by atoms with Gasteiger partial charge in [0, 0.05) is 50.1 Å². The quantitative estimate of drug-likeness (QED) is 0.862. The lowest BCUT2D eigenvalue weighted by atomic mass is 9.70. The molecule has 2 aliphatic rings. The van der Waals surface area contributed by atoms with Crippen molar-refractivity contribution in [2.45, 2.75) is 51.0 Å². The van der Waals surface area contributed by atoms with E-state index >= 15 is 0 Å². The van der Waals surface area contributed by atoms with E-state index in [0.717, 1.165) is 18.7 Å². The fraction of sp³-hybridized carbons (Fsp3) is 0.706. The summed E-state index contributed by atoms with van der Waals surface area (Å²) < 4.78 is 5.33. The number of amides is 1. The van der Waals surface area contributed by atoms with Gasteiger partial charge in [-0.05, 0) is 18.9 Å². The van der Waals surface area contributed by atoms with Crippen LogP contribution in [-0.4, -0.2) is 46.3 Å². The first-order chi connectivity index (χ1) is 10.9. The largest absolute Gasteiger partial charge is 0.389 e. The molecule has 0 aromatic carbocycles. The van der Waals surface area contributed by atoms with Gasteiger partial charge in [0.15, 0.2) is 0 Å².